The lowest BCUT2D eigenvalue weighted by Gasteiger charge is -2.05. The van der Waals surface area contributed by atoms with E-state index in [1.807, 2.05) is 0 Å². The van der Waals surface area contributed by atoms with E-state index >= 15 is 0 Å². The zero-order valence-corrected chi connectivity index (χ0v) is 9.39. The fourth-order valence-corrected chi connectivity index (χ4v) is 2.24. The van der Waals surface area contributed by atoms with Gasteiger partial charge < -0.3 is 10.2 Å². The molecule has 0 aliphatic rings. The zero-order valence-electron chi connectivity index (χ0n) is 6.22. The van der Waals surface area contributed by atoms with Gasteiger partial charge in [-0.05, 0) is 40.0 Å². The number of phenolic OH excluding ortho intramolecular Hbond substituents is 1. The molecule has 0 saturated heterocycles. The molecule has 0 bridgehead atoms. The van der Waals surface area contributed by atoms with Gasteiger partial charge in [-0.25, -0.2) is 0 Å². The molecule has 1 aromatic rings. The maximum absolute atomic E-state index is 9.47. The average Bonchev–Trinajstić information content (AvgIpc) is 2.00. The van der Waals surface area contributed by atoms with Crippen LogP contribution in [0.3, 0.4) is 0 Å². The molecular formula is C8H8Br2O2. The number of aliphatic hydroxyl groups is 1. The van der Waals surface area contributed by atoms with E-state index in [4.69, 9.17) is 5.11 Å². The first-order valence-corrected chi connectivity index (χ1v) is 5.01. The lowest BCUT2D eigenvalue weighted by atomic mass is 10.1. The molecular weight excluding hydrogens is 288 g/mol. The number of aliphatic hydroxyl groups excluding tert-OH is 1. The summed E-state index contributed by atoms with van der Waals surface area (Å²) in [6, 6.07) is 3.55. The second-order valence-electron chi connectivity index (χ2n) is 2.37. The zero-order chi connectivity index (χ0) is 9.14. The van der Waals surface area contributed by atoms with Crippen molar-refractivity contribution < 1.29 is 10.2 Å². The maximum atomic E-state index is 9.47. The third-order valence-corrected chi connectivity index (χ3v) is 2.55. The predicted octanol–water partition coefficient (Wildman–Crippen LogP) is 2.45. The maximum Gasteiger partial charge on any atom is 0.133 e. The molecule has 0 aliphatic carbocycles. The van der Waals surface area contributed by atoms with Gasteiger partial charge in [0.05, 0.1) is 4.47 Å². The van der Waals surface area contributed by atoms with Crippen molar-refractivity contribution in [2.24, 2.45) is 0 Å². The van der Waals surface area contributed by atoms with Crippen LogP contribution in [0.2, 0.25) is 0 Å². The van der Waals surface area contributed by atoms with Crippen LogP contribution in [0, 0.1) is 0 Å². The van der Waals surface area contributed by atoms with Gasteiger partial charge in [0.2, 0.25) is 0 Å². The minimum absolute atomic E-state index is 0.0381. The SMILES string of the molecule is OCCc1cc(Br)cc(Br)c1O. The van der Waals surface area contributed by atoms with Crippen LogP contribution in [-0.2, 0) is 6.42 Å². The fraction of sp³-hybridized carbons (Fsp3) is 0.250. The highest BCUT2D eigenvalue weighted by Gasteiger charge is 2.05. The summed E-state index contributed by atoms with van der Waals surface area (Å²) < 4.78 is 1.52. The summed E-state index contributed by atoms with van der Waals surface area (Å²) in [6.45, 7) is 0.0381. The summed E-state index contributed by atoms with van der Waals surface area (Å²) >= 11 is 6.50. The number of halogens is 2. The van der Waals surface area contributed by atoms with Crippen molar-refractivity contribution in [2.75, 3.05) is 6.61 Å². The van der Waals surface area contributed by atoms with Gasteiger partial charge in [0.1, 0.15) is 5.75 Å². The summed E-state index contributed by atoms with van der Waals surface area (Å²) in [5.74, 6) is 0.201. The van der Waals surface area contributed by atoms with Gasteiger partial charge in [0.15, 0.2) is 0 Å². The molecule has 1 rings (SSSR count). The van der Waals surface area contributed by atoms with Crippen molar-refractivity contribution in [1.82, 2.24) is 0 Å². The van der Waals surface area contributed by atoms with Crippen molar-refractivity contribution in [1.29, 1.82) is 0 Å². The smallest absolute Gasteiger partial charge is 0.133 e. The molecule has 0 unspecified atom stereocenters. The van der Waals surface area contributed by atoms with E-state index in [2.05, 4.69) is 31.9 Å². The molecule has 0 aromatic heterocycles. The van der Waals surface area contributed by atoms with Crippen molar-refractivity contribution in [3.05, 3.63) is 26.6 Å². The molecule has 66 valence electrons. The van der Waals surface area contributed by atoms with Crippen LogP contribution in [0.25, 0.3) is 0 Å². The molecule has 0 amide bonds. The highest BCUT2D eigenvalue weighted by Crippen LogP contribution is 2.31. The normalized spacial score (nSPS) is 10.2. The second-order valence-corrected chi connectivity index (χ2v) is 4.14. The largest absolute Gasteiger partial charge is 0.506 e. The lowest BCUT2D eigenvalue weighted by molar-refractivity contribution is 0.297. The molecule has 2 nitrogen and oxygen atoms in total. The molecule has 1 aromatic carbocycles. The van der Waals surface area contributed by atoms with E-state index in [0.717, 1.165) is 10.0 Å². The Morgan fingerprint density at radius 3 is 2.50 bits per heavy atom. The topological polar surface area (TPSA) is 40.5 Å². The first-order valence-electron chi connectivity index (χ1n) is 3.43. The summed E-state index contributed by atoms with van der Waals surface area (Å²) in [6.07, 6.45) is 0.462. The highest BCUT2D eigenvalue weighted by molar-refractivity contribution is 9.11. The van der Waals surface area contributed by atoms with Crippen LogP contribution in [0.4, 0.5) is 0 Å². The van der Waals surface area contributed by atoms with Gasteiger partial charge in [0.25, 0.3) is 0 Å². The van der Waals surface area contributed by atoms with E-state index in [0.29, 0.717) is 10.9 Å². The van der Waals surface area contributed by atoms with Gasteiger partial charge in [-0.2, -0.15) is 0 Å². The number of phenols is 1. The Labute approximate surface area is 87.5 Å². The number of benzene rings is 1. The van der Waals surface area contributed by atoms with Gasteiger partial charge in [0, 0.05) is 11.1 Å². The molecule has 0 radical (unpaired) electrons. The van der Waals surface area contributed by atoms with E-state index in [9.17, 15) is 5.11 Å². The monoisotopic (exact) mass is 294 g/mol. The van der Waals surface area contributed by atoms with Crippen molar-refractivity contribution in [3.63, 3.8) is 0 Å². The molecule has 0 aliphatic heterocycles. The van der Waals surface area contributed by atoms with E-state index < -0.39 is 0 Å². The Hall–Kier alpha value is -0.0600. The van der Waals surface area contributed by atoms with E-state index in [1.165, 1.54) is 0 Å². The Bertz CT molecular complexity index is 287. The van der Waals surface area contributed by atoms with E-state index in [-0.39, 0.29) is 12.4 Å². The molecule has 0 heterocycles. The molecule has 12 heavy (non-hydrogen) atoms. The summed E-state index contributed by atoms with van der Waals surface area (Å²) in [5, 5.41) is 18.2. The number of hydrogen-bond acceptors (Lipinski definition) is 2. The minimum atomic E-state index is 0.0381. The number of rotatable bonds is 2. The number of hydrogen-bond donors (Lipinski definition) is 2. The molecule has 0 spiro atoms. The van der Waals surface area contributed by atoms with Crippen LogP contribution in [0.1, 0.15) is 5.56 Å². The third-order valence-electron chi connectivity index (χ3n) is 1.49. The van der Waals surface area contributed by atoms with E-state index in [1.54, 1.807) is 12.1 Å². The van der Waals surface area contributed by atoms with Crippen LogP contribution in [0.5, 0.6) is 5.75 Å². The number of aromatic hydroxyl groups is 1. The third kappa shape index (κ3) is 2.21. The van der Waals surface area contributed by atoms with Crippen LogP contribution in [0.15, 0.2) is 21.1 Å². The summed E-state index contributed by atoms with van der Waals surface area (Å²) in [4.78, 5) is 0. The second kappa shape index (κ2) is 4.25. The van der Waals surface area contributed by atoms with Crippen LogP contribution >= 0.6 is 31.9 Å². The summed E-state index contributed by atoms with van der Waals surface area (Å²) in [5.41, 5.74) is 0.735. The van der Waals surface area contributed by atoms with Gasteiger partial charge in [-0.15, -0.1) is 0 Å². The standard InChI is InChI=1S/C8H8Br2O2/c9-6-3-5(1-2-11)8(12)7(10)4-6/h3-4,11-12H,1-2H2. The Balaban J connectivity index is 3.09. The van der Waals surface area contributed by atoms with Crippen molar-refractivity contribution in [3.8, 4) is 5.75 Å². The minimum Gasteiger partial charge on any atom is -0.506 e. The molecule has 0 atom stereocenters. The van der Waals surface area contributed by atoms with Crippen LogP contribution < -0.4 is 0 Å². The van der Waals surface area contributed by atoms with Gasteiger partial charge >= 0.3 is 0 Å². The Kier molecular flexibility index (Phi) is 3.55. The van der Waals surface area contributed by atoms with Crippen LogP contribution in [-0.4, -0.2) is 16.8 Å². The van der Waals surface area contributed by atoms with Gasteiger partial charge in [-0.1, -0.05) is 15.9 Å². The first kappa shape index (κ1) is 10.0. The fourth-order valence-electron chi connectivity index (χ4n) is 0.930. The average molecular weight is 296 g/mol. The Morgan fingerprint density at radius 1 is 1.25 bits per heavy atom. The summed E-state index contributed by atoms with van der Waals surface area (Å²) in [7, 11) is 0. The highest BCUT2D eigenvalue weighted by atomic mass is 79.9. The van der Waals surface area contributed by atoms with Crippen molar-refractivity contribution in [2.45, 2.75) is 6.42 Å². The van der Waals surface area contributed by atoms with Crippen molar-refractivity contribution >= 4 is 31.9 Å². The molecule has 0 saturated carbocycles. The predicted molar refractivity (Wildman–Crippen MR) is 54.3 cm³/mol. The lowest BCUT2D eigenvalue weighted by Crippen LogP contribution is -1.91. The molecule has 2 N–H and O–H groups in total. The first-order chi connectivity index (χ1) is 5.65. The quantitative estimate of drug-likeness (QED) is 0.880. The molecule has 0 fully saturated rings. The molecule has 4 heteroatoms. The Morgan fingerprint density at radius 2 is 1.92 bits per heavy atom. The van der Waals surface area contributed by atoms with Gasteiger partial charge in [-0.3, -0.25) is 0 Å².